The summed E-state index contributed by atoms with van der Waals surface area (Å²) in [4.78, 5) is 0. The van der Waals surface area contributed by atoms with Crippen LogP contribution in [-0.2, 0) is 11.3 Å². The molecule has 1 saturated carbocycles. The highest BCUT2D eigenvalue weighted by Crippen LogP contribution is 2.37. The van der Waals surface area contributed by atoms with Crippen molar-refractivity contribution in [3.05, 3.63) is 35.4 Å². The molecule has 1 aliphatic rings. The van der Waals surface area contributed by atoms with E-state index in [9.17, 15) is 13.2 Å². The molecule has 0 heterocycles. The number of hydrogen-bond donors (Lipinski definition) is 0. The molecule has 0 aliphatic heterocycles. The summed E-state index contributed by atoms with van der Waals surface area (Å²) in [6.07, 6.45) is 2.96. The first kappa shape index (κ1) is 16.3. The van der Waals surface area contributed by atoms with E-state index in [0.29, 0.717) is 11.5 Å². The van der Waals surface area contributed by atoms with Crippen LogP contribution in [0.15, 0.2) is 24.3 Å². The summed E-state index contributed by atoms with van der Waals surface area (Å²) in [5.74, 6) is 1.43. The molecule has 0 amide bonds. The van der Waals surface area contributed by atoms with E-state index in [0.717, 1.165) is 5.92 Å². The van der Waals surface area contributed by atoms with Crippen molar-refractivity contribution in [1.82, 2.24) is 0 Å². The zero-order chi connectivity index (χ0) is 15.3. The number of ether oxygens (including phenoxy) is 1. The molecule has 0 aromatic heterocycles. The van der Waals surface area contributed by atoms with Gasteiger partial charge in [0.1, 0.15) is 0 Å². The second kappa shape index (κ2) is 7.30. The smallest absolute Gasteiger partial charge is 0.287 e. The Balaban J connectivity index is 1.85. The Kier molecular flexibility index (Phi) is 5.68. The van der Waals surface area contributed by atoms with Crippen LogP contribution in [0.1, 0.15) is 62.5 Å². The lowest BCUT2D eigenvalue weighted by atomic mass is 9.77. The number of rotatable bonds is 5. The highest BCUT2D eigenvalue weighted by Gasteiger charge is 2.29. The monoisotopic (exact) mass is 300 g/mol. The van der Waals surface area contributed by atoms with Gasteiger partial charge in [0.05, 0.1) is 6.61 Å². The van der Waals surface area contributed by atoms with Gasteiger partial charge in [-0.15, -0.1) is 13.2 Å². The minimum absolute atomic E-state index is 0.410. The lowest BCUT2D eigenvalue weighted by Gasteiger charge is -2.28. The zero-order valence-electron chi connectivity index (χ0n) is 12.5. The normalized spacial score (nSPS) is 23.2. The standard InChI is InChI=1S/C17H23F3O/c1-2-3-13-4-8-15(9-5-13)16-10-6-14(7-11-16)12-21-17(18,19)20/h6-7,10-11,13,15H,2-5,8-9,12H2,1H3. The molecule has 0 bridgehead atoms. The summed E-state index contributed by atoms with van der Waals surface area (Å²) in [7, 11) is 0. The highest BCUT2D eigenvalue weighted by molar-refractivity contribution is 5.25. The average Bonchev–Trinajstić information content (AvgIpc) is 2.46. The van der Waals surface area contributed by atoms with Crippen molar-refractivity contribution in [3.63, 3.8) is 0 Å². The first-order valence-electron chi connectivity index (χ1n) is 7.77. The van der Waals surface area contributed by atoms with Crippen LogP contribution >= 0.6 is 0 Å². The van der Waals surface area contributed by atoms with E-state index in [1.165, 1.54) is 44.1 Å². The minimum atomic E-state index is -4.56. The fraction of sp³-hybridized carbons (Fsp3) is 0.647. The van der Waals surface area contributed by atoms with E-state index >= 15 is 0 Å². The molecule has 0 saturated heterocycles. The number of alkyl halides is 3. The summed E-state index contributed by atoms with van der Waals surface area (Å²) >= 11 is 0. The molecule has 0 radical (unpaired) electrons. The molecule has 4 heteroatoms. The Morgan fingerprint density at radius 1 is 1.05 bits per heavy atom. The highest BCUT2D eigenvalue weighted by atomic mass is 19.4. The van der Waals surface area contributed by atoms with Gasteiger partial charge in [-0.3, -0.25) is 4.74 Å². The molecule has 1 aromatic rings. The van der Waals surface area contributed by atoms with Gasteiger partial charge in [0.2, 0.25) is 0 Å². The van der Waals surface area contributed by atoms with Crippen molar-refractivity contribution in [2.75, 3.05) is 0 Å². The van der Waals surface area contributed by atoms with Gasteiger partial charge in [-0.25, -0.2) is 0 Å². The van der Waals surface area contributed by atoms with Gasteiger partial charge in [0, 0.05) is 0 Å². The lowest BCUT2D eigenvalue weighted by molar-refractivity contribution is -0.330. The van der Waals surface area contributed by atoms with Gasteiger partial charge in [0.15, 0.2) is 0 Å². The first-order chi connectivity index (χ1) is 9.98. The topological polar surface area (TPSA) is 9.23 Å². The van der Waals surface area contributed by atoms with Crippen LogP contribution in [0.5, 0.6) is 0 Å². The molecule has 1 aromatic carbocycles. The van der Waals surface area contributed by atoms with Crippen LogP contribution in [0.3, 0.4) is 0 Å². The molecule has 0 N–H and O–H groups in total. The Morgan fingerprint density at radius 2 is 1.67 bits per heavy atom. The predicted octanol–water partition coefficient (Wildman–Crippen LogP) is 5.80. The van der Waals surface area contributed by atoms with Crippen LogP contribution in [0, 0.1) is 5.92 Å². The molecule has 0 unspecified atom stereocenters. The number of hydrogen-bond acceptors (Lipinski definition) is 1. The third-order valence-corrected chi connectivity index (χ3v) is 4.40. The Morgan fingerprint density at radius 3 is 2.19 bits per heavy atom. The van der Waals surface area contributed by atoms with E-state index in [4.69, 9.17) is 0 Å². The van der Waals surface area contributed by atoms with Crippen LogP contribution in [0.4, 0.5) is 13.2 Å². The van der Waals surface area contributed by atoms with Crippen molar-refractivity contribution < 1.29 is 17.9 Å². The number of halogens is 3. The van der Waals surface area contributed by atoms with Gasteiger partial charge < -0.3 is 0 Å². The molecule has 118 valence electrons. The first-order valence-corrected chi connectivity index (χ1v) is 7.77. The maximum atomic E-state index is 12.0. The SMILES string of the molecule is CCCC1CCC(c2ccc(COC(F)(F)F)cc2)CC1. The summed E-state index contributed by atoms with van der Waals surface area (Å²) < 4.78 is 39.8. The van der Waals surface area contributed by atoms with Crippen molar-refractivity contribution >= 4 is 0 Å². The molecule has 21 heavy (non-hydrogen) atoms. The zero-order valence-corrected chi connectivity index (χ0v) is 12.5. The lowest BCUT2D eigenvalue weighted by Crippen LogP contribution is -2.14. The van der Waals surface area contributed by atoms with Crippen molar-refractivity contribution in [2.45, 2.75) is 64.3 Å². The quantitative estimate of drug-likeness (QED) is 0.668. The Hall–Kier alpha value is -1.03. The summed E-state index contributed by atoms with van der Waals surface area (Å²) in [5, 5.41) is 0. The second-order valence-corrected chi connectivity index (χ2v) is 5.98. The van der Waals surface area contributed by atoms with Crippen LogP contribution < -0.4 is 0 Å². The Labute approximate surface area is 124 Å². The van der Waals surface area contributed by atoms with Gasteiger partial charge in [0.25, 0.3) is 0 Å². The van der Waals surface area contributed by atoms with E-state index in [-0.39, 0.29) is 0 Å². The van der Waals surface area contributed by atoms with E-state index < -0.39 is 13.0 Å². The van der Waals surface area contributed by atoms with Crippen LogP contribution in [0.25, 0.3) is 0 Å². The van der Waals surface area contributed by atoms with Crippen LogP contribution in [-0.4, -0.2) is 6.36 Å². The largest absolute Gasteiger partial charge is 0.522 e. The van der Waals surface area contributed by atoms with Crippen molar-refractivity contribution in [3.8, 4) is 0 Å². The summed E-state index contributed by atoms with van der Waals surface area (Å²) in [6, 6.07) is 7.41. The molecule has 1 fully saturated rings. The second-order valence-electron chi connectivity index (χ2n) is 5.98. The molecular weight excluding hydrogens is 277 g/mol. The average molecular weight is 300 g/mol. The van der Waals surface area contributed by atoms with E-state index in [2.05, 4.69) is 11.7 Å². The fourth-order valence-electron chi connectivity index (χ4n) is 3.24. The van der Waals surface area contributed by atoms with E-state index in [1.54, 1.807) is 12.1 Å². The summed E-state index contributed by atoms with van der Waals surface area (Å²) in [6.45, 7) is 1.82. The van der Waals surface area contributed by atoms with Gasteiger partial charge in [-0.05, 0) is 48.6 Å². The summed E-state index contributed by atoms with van der Waals surface area (Å²) in [5.41, 5.74) is 1.82. The molecule has 1 aliphatic carbocycles. The Bertz CT molecular complexity index is 417. The number of benzene rings is 1. The molecule has 1 nitrogen and oxygen atoms in total. The molecular formula is C17H23F3O. The van der Waals surface area contributed by atoms with Crippen LogP contribution in [0.2, 0.25) is 0 Å². The van der Waals surface area contributed by atoms with Gasteiger partial charge >= 0.3 is 6.36 Å². The third-order valence-electron chi connectivity index (χ3n) is 4.40. The minimum Gasteiger partial charge on any atom is -0.287 e. The molecule has 0 spiro atoms. The maximum absolute atomic E-state index is 12.0. The fourth-order valence-corrected chi connectivity index (χ4v) is 3.24. The van der Waals surface area contributed by atoms with Crippen molar-refractivity contribution in [2.24, 2.45) is 5.92 Å². The van der Waals surface area contributed by atoms with Crippen molar-refractivity contribution in [1.29, 1.82) is 0 Å². The molecule has 0 atom stereocenters. The van der Waals surface area contributed by atoms with Gasteiger partial charge in [-0.2, -0.15) is 0 Å². The van der Waals surface area contributed by atoms with E-state index in [1.807, 2.05) is 12.1 Å². The molecule has 2 rings (SSSR count). The maximum Gasteiger partial charge on any atom is 0.522 e. The predicted molar refractivity (Wildman–Crippen MR) is 76.9 cm³/mol. The van der Waals surface area contributed by atoms with Gasteiger partial charge in [-0.1, -0.05) is 44.0 Å². The third kappa shape index (κ3) is 5.34.